The van der Waals surface area contributed by atoms with E-state index < -0.39 is 0 Å². The molecule has 0 bridgehead atoms. The highest BCUT2D eigenvalue weighted by Gasteiger charge is 1.98. The summed E-state index contributed by atoms with van der Waals surface area (Å²) in [5.74, 6) is 4.81. The first-order chi connectivity index (χ1) is 5.24. The van der Waals surface area contributed by atoms with E-state index in [9.17, 15) is 0 Å². The predicted molar refractivity (Wildman–Crippen MR) is 55.3 cm³/mol. The van der Waals surface area contributed by atoms with Gasteiger partial charge in [0.25, 0.3) is 0 Å². The van der Waals surface area contributed by atoms with Crippen LogP contribution in [-0.2, 0) is 6.54 Å². The molecule has 0 aliphatic carbocycles. The number of phenols is 2. The Balaban J connectivity index is 0. The van der Waals surface area contributed by atoms with Crippen LogP contribution in [0.3, 0.4) is 0 Å². The van der Waals surface area contributed by atoms with E-state index in [0.29, 0.717) is 6.54 Å². The van der Waals surface area contributed by atoms with E-state index in [1.165, 1.54) is 12.1 Å². The van der Waals surface area contributed by atoms with Gasteiger partial charge in [0, 0.05) is 6.54 Å². The zero-order valence-corrected chi connectivity index (χ0v) is 8.36. The molecule has 0 fully saturated rings. The minimum absolute atomic E-state index is 0. The van der Waals surface area contributed by atoms with Crippen molar-refractivity contribution >= 4 is 24.8 Å². The number of hydrogen-bond donors (Lipinski definition) is 4. The summed E-state index contributed by atoms with van der Waals surface area (Å²) >= 11 is 0. The molecule has 0 aliphatic heterocycles. The zero-order chi connectivity index (χ0) is 8.27. The third kappa shape index (κ3) is 4.19. The Morgan fingerprint density at radius 3 is 2.23 bits per heavy atom. The second-order valence-corrected chi connectivity index (χ2v) is 2.20. The van der Waals surface area contributed by atoms with Crippen LogP contribution in [0.15, 0.2) is 18.2 Å². The van der Waals surface area contributed by atoms with Gasteiger partial charge >= 0.3 is 0 Å². The van der Waals surface area contributed by atoms with Crippen molar-refractivity contribution in [3.63, 3.8) is 0 Å². The second kappa shape index (κ2) is 6.80. The van der Waals surface area contributed by atoms with E-state index in [0.717, 1.165) is 5.56 Å². The fraction of sp³-hybridized carbons (Fsp3) is 0.143. The summed E-state index contributed by atoms with van der Waals surface area (Å²) in [5.41, 5.74) is 3.26. The average molecular weight is 227 g/mol. The standard InChI is InChI=1S/C7H10N2O2.2ClH/c8-9-4-5-1-2-6(10)7(11)3-5;;/h1-3,9-11H,4,8H2;2*1H. The van der Waals surface area contributed by atoms with E-state index in [1.807, 2.05) is 0 Å². The van der Waals surface area contributed by atoms with Crippen molar-refractivity contribution in [3.8, 4) is 11.5 Å². The summed E-state index contributed by atoms with van der Waals surface area (Å²) < 4.78 is 0. The van der Waals surface area contributed by atoms with Crippen molar-refractivity contribution in [3.05, 3.63) is 23.8 Å². The molecule has 1 aromatic carbocycles. The van der Waals surface area contributed by atoms with Gasteiger partial charge in [-0.25, -0.2) is 0 Å². The largest absolute Gasteiger partial charge is 0.504 e. The average Bonchev–Trinajstić information content (AvgIpc) is 1.98. The SMILES string of the molecule is Cl.Cl.NNCc1ccc(O)c(O)c1. The second-order valence-electron chi connectivity index (χ2n) is 2.20. The first-order valence-electron chi connectivity index (χ1n) is 3.18. The van der Waals surface area contributed by atoms with E-state index in [4.69, 9.17) is 16.1 Å². The molecule has 0 atom stereocenters. The molecule has 5 N–H and O–H groups in total. The van der Waals surface area contributed by atoms with Crippen molar-refractivity contribution in [2.24, 2.45) is 5.84 Å². The number of phenolic OH excluding ortho intramolecular Hbond substituents is 2. The molecular formula is C7H12Cl2N2O2. The lowest BCUT2D eigenvalue weighted by molar-refractivity contribution is 0.403. The molecular weight excluding hydrogens is 215 g/mol. The number of benzene rings is 1. The maximum absolute atomic E-state index is 9.01. The van der Waals surface area contributed by atoms with Crippen LogP contribution in [0.1, 0.15) is 5.56 Å². The summed E-state index contributed by atoms with van der Waals surface area (Å²) in [4.78, 5) is 0. The van der Waals surface area contributed by atoms with Crippen LogP contribution in [0.4, 0.5) is 0 Å². The summed E-state index contributed by atoms with van der Waals surface area (Å²) in [6, 6.07) is 4.55. The quantitative estimate of drug-likeness (QED) is 0.344. The highest BCUT2D eigenvalue weighted by atomic mass is 35.5. The molecule has 76 valence electrons. The van der Waals surface area contributed by atoms with Gasteiger partial charge in [0.15, 0.2) is 11.5 Å². The molecule has 6 heteroatoms. The van der Waals surface area contributed by atoms with Crippen LogP contribution in [-0.4, -0.2) is 10.2 Å². The van der Waals surface area contributed by atoms with Crippen molar-refractivity contribution in [1.29, 1.82) is 0 Å². The molecule has 0 saturated heterocycles. The topological polar surface area (TPSA) is 78.5 Å². The van der Waals surface area contributed by atoms with Crippen LogP contribution in [0.5, 0.6) is 11.5 Å². The third-order valence-electron chi connectivity index (χ3n) is 1.35. The Morgan fingerprint density at radius 1 is 1.15 bits per heavy atom. The summed E-state index contributed by atoms with van der Waals surface area (Å²) in [6.45, 7) is 0.466. The summed E-state index contributed by atoms with van der Waals surface area (Å²) in [7, 11) is 0. The number of hydrogen-bond acceptors (Lipinski definition) is 4. The Labute approximate surface area is 88.6 Å². The van der Waals surface area contributed by atoms with E-state index >= 15 is 0 Å². The van der Waals surface area contributed by atoms with Gasteiger partial charge in [-0.3, -0.25) is 11.3 Å². The number of aromatic hydroxyl groups is 2. The van der Waals surface area contributed by atoms with Crippen LogP contribution >= 0.6 is 24.8 Å². The Morgan fingerprint density at radius 2 is 1.77 bits per heavy atom. The van der Waals surface area contributed by atoms with Gasteiger partial charge in [0.2, 0.25) is 0 Å². The van der Waals surface area contributed by atoms with Gasteiger partial charge in [-0.2, -0.15) is 0 Å². The van der Waals surface area contributed by atoms with Crippen molar-refractivity contribution in [1.82, 2.24) is 5.43 Å². The molecule has 0 amide bonds. The molecule has 0 aromatic heterocycles. The molecule has 0 heterocycles. The van der Waals surface area contributed by atoms with Gasteiger partial charge in [0.05, 0.1) is 0 Å². The molecule has 4 nitrogen and oxygen atoms in total. The first-order valence-corrected chi connectivity index (χ1v) is 3.18. The minimum atomic E-state index is -0.127. The fourth-order valence-electron chi connectivity index (χ4n) is 0.797. The first kappa shape index (κ1) is 14.8. The lowest BCUT2D eigenvalue weighted by Gasteiger charge is -2.01. The van der Waals surface area contributed by atoms with E-state index in [-0.39, 0.29) is 36.3 Å². The molecule has 0 aliphatic rings. The van der Waals surface area contributed by atoms with Crippen molar-refractivity contribution < 1.29 is 10.2 Å². The minimum Gasteiger partial charge on any atom is -0.504 e. The summed E-state index contributed by atoms with van der Waals surface area (Å²) in [6.07, 6.45) is 0. The molecule has 1 rings (SSSR count). The lowest BCUT2D eigenvalue weighted by Crippen LogP contribution is -2.20. The number of hydrazine groups is 1. The van der Waals surface area contributed by atoms with Crippen molar-refractivity contribution in [2.45, 2.75) is 6.54 Å². The molecule has 0 saturated carbocycles. The Kier molecular flexibility index (Phi) is 7.75. The van der Waals surface area contributed by atoms with Crippen molar-refractivity contribution in [2.75, 3.05) is 0 Å². The molecule has 0 unspecified atom stereocenters. The maximum atomic E-state index is 9.01. The lowest BCUT2D eigenvalue weighted by atomic mass is 10.2. The zero-order valence-electron chi connectivity index (χ0n) is 6.73. The Bertz CT molecular complexity index is 258. The molecule has 0 radical (unpaired) electrons. The van der Waals surface area contributed by atoms with Crippen LogP contribution in [0.25, 0.3) is 0 Å². The summed E-state index contributed by atoms with van der Waals surface area (Å²) in [5, 5.41) is 17.9. The van der Waals surface area contributed by atoms with Gasteiger partial charge in [-0.1, -0.05) is 6.07 Å². The predicted octanol–water partition coefficient (Wildman–Crippen LogP) is 0.905. The third-order valence-corrected chi connectivity index (χ3v) is 1.35. The maximum Gasteiger partial charge on any atom is 0.157 e. The Hall–Kier alpha value is -0.680. The van der Waals surface area contributed by atoms with E-state index in [1.54, 1.807) is 6.07 Å². The molecule has 1 aromatic rings. The molecule has 0 spiro atoms. The van der Waals surface area contributed by atoms with Crippen LogP contribution < -0.4 is 11.3 Å². The van der Waals surface area contributed by atoms with Gasteiger partial charge < -0.3 is 10.2 Å². The fourth-order valence-corrected chi connectivity index (χ4v) is 0.797. The van der Waals surface area contributed by atoms with Gasteiger partial charge in [0.1, 0.15) is 0 Å². The highest BCUT2D eigenvalue weighted by molar-refractivity contribution is 5.85. The van der Waals surface area contributed by atoms with Crippen LogP contribution in [0.2, 0.25) is 0 Å². The monoisotopic (exact) mass is 226 g/mol. The van der Waals surface area contributed by atoms with Gasteiger partial charge in [-0.15, -0.1) is 24.8 Å². The van der Waals surface area contributed by atoms with E-state index in [2.05, 4.69) is 5.43 Å². The number of nitrogens with two attached hydrogens (primary N) is 1. The normalized spacial score (nSPS) is 8.38. The number of rotatable bonds is 2. The molecule has 13 heavy (non-hydrogen) atoms. The van der Waals surface area contributed by atoms with Gasteiger partial charge in [-0.05, 0) is 17.7 Å². The number of nitrogens with one attached hydrogen (secondary N) is 1. The smallest absolute Gasteiger partial charge is 0.157 e. The number of halogens is 2. The van der Waals surface area contributed by atoms with Crippen LogP contribution in [0, 0.1) is 0 Å². The highest BCUT2D eigenvalue weighted by Crippen LogP contribution is 2.24.